The summed E-state index contributed by atoms with van der Waals surface area (Å²) in [5.74, 6) is -2.47. The van der Waals surface area contributed by atoms with E-state index < -0.39 is 41.5 Å². The standard InChI is InChI=1S/C20H24N2O8S2/c1-10(24)13-15-20(2,5-6-30-19(28)29-3)16(14(18(26)27)22(15)17(13)25)31-7-4-12-11(8-23)21-9-32-12/h4,7,9-10,13,15,23-24H,5-6,8H2,1-3H3,(H,26,27)/b7-4-/t10-,13-,15+,20-/m1/s1. The normalized spacial score (nSPS) is 25.7. The van der Waals surface area contributed by atoms with Crippen LogP contribution in [-0.4, -0.2) is 69.1 Å². The van der Waals surface area contributed by atoms with E-state index in [-0.39, 0.29) is 25.3 Å². The van der Waals surface area contributed by atoms with Crippen molar-refractivity contribution >= 4 is 47.2 Å². The van der Waals surface area contributed by atoms with Crippen LogP contribution in [0.25, 0.3) is 6.08 Å². The number of thioether (sulfide) groups is 1. The van der Waals surface area contributed by atoms with Gasteiger partial charge < -0.3 is 29.7 Å². The van der Waals surface area contributed by atoms with Gasteiger partial charge in [0.1, 0.15) is 5.70 Å². The summed E-state index contributed by atoms with van der Waals surface area (Å²) in [6, 6.07) is -0.588. The van der Waals surface area contributed by atoms with Gasteiger partial charge in [0.15, 0.2) is 0 Å². The number of hydrogen-bond acceptors (Lipinski definition) is 10. The molecule has 0 bridgehead atoms. The van der Waals surface area contributed by atoms with Crippen LogP contribution in [0.3, 0.4) is 0 Å². The smallest absolute Gasteiger partial charge is 0.477 e. The zero-order chi connectivity index (χ0) is 23.6. The van der Waals surface area contributed by atoms with Crippen molar-refractivity contribution in [2.45, 2.75) is 39.0 Å². The molecular weight excluding hydrogens is 460 g/mol. The number of carboxylic acids is 1. The molecule has 0 aliphatic carbocycles. The Kier molecular flexibility index (Phi) is 7.28. The molecule has 10 nitrogen and oxygen atoms in total. The van der Waals surface area contributed by atoms with Gasteiger partial charge in [-0.2, -0.15) is 0 Å². The molecule has 12 heteroatoms. The molecule has 0 aromatic carbocycles. The fourth-order valence-corrected chi connectivity index (χ4v) is 6.09. The lowest BCUT2D eigenvalue weighted by molar-refractivity contribution is -0.167. The molecule has 174 valence electrons. The van der Waals surface area contributed by atoms with Crippen molar-refractivity contribution in [3.05, 3.63) is 32.1 Å². The fraction of sp³-hybridized carbons (Fsp3) is 0.500. The van der Waals surface area contributed by atoms with Crippen molar-refractivity contribution in [1.82, 2.24) is 9.88 Å². The number of ether oxygens (including phenoxy) is 2. The first kappa shape index (κ1) is 24.2. The summed E-state index contributed by atoms with van der Waals surface area (Å²) in [4.78, 5) is 42.7. The maximum atomic E-state index is 12.7. The number of aliphatic carboxylic acids is 1. The first-order chi connectivity index (χ1) is 15.2. The lowest BCUT2D eigenvalue weighted by Gasteiger charge is -2.50. The number of β-lactam (4-membered cyclic amide) rings is 1. The van der Waals surface area contributed by atoms with Crippen molar-refractivity contribution in [2.75, 3.05) is 13.7 Å². The summed E-state index contributed by atoms with van der Waals surface area (Å²) in [7, 11) is 1.18. The van der Waals surface area contributed by atoms with Gasteiger partial charge in [-0.15, -0.1) is 11.3 Å². The van der Waals surface area contributed by atoms with Crippen molar-refractivity contribution in [3.63, 3.8) is 0 Å². The summed E-state index contributed by atoms with van der Waals surface area (Å²) >= 11 is 2.47. The molecule has 0 radical (unpaired) electrons. The molecule has 0 unspecified atom stereocenters. The fourth-order valence-electron chi connectivity index (χ4n) is 4.18. The van der Waals surface area contributed by atoms with Crippen molar-refractivity contribution in [2.24, 2.45) is 11.3 Å². The molecule has 1 aromatic rings. The maximum Gasteiger partial charge on any atom is 0.507 e. The van der Waals surface area contributed by atoms with E-state index in [2.05, 4.69) is 9.72 Å². The topological polar surface area (TPSA) is 146 Å². The number of thiazole rings is 1. The summed E-state index contributed by atoms with van der Waals surface area (Å²) in [5, 5.41) is 31.1. The Morgan fingerprint density at radius 3 is 2.78 bits per heavy atom. The third-order valence-corrected chi connectivity index (χ3v) is 7.73. The Hall–Kier alpha value is -2.41. The number of fused-ring (bicyclic) bond motifs is 1. The number of nitrogens with zero attached hydrogens (tertiary/aromatic N) is 2. The van der Waals surface area contributed by atoms with Crippen LogP contribution in [0.2, 0.25) is 0 Å². The third kappa shape index (κ3) is 4.15. The quantitative estimate of drug-likeness (QED) is 0.351. The molecule has 3 heterocycles. The van der Waals surface area contributed by atoms with Gasteiger partial charge in [0.05, 0.1) is 54.5 Å². The van der Waals surface area contributed by atoms with E-state index >= 15 is 0 Å². The van der Waals surface area contributed by atoms with Gasteiger partial charge in [-0.1, -0.05) is 18.7 Å². The Bertz CT molecular complexity index is 973. The second-order valence-electron chi connectivity index (χ2n) is 7.61. The number of hydrogen-bond donors (Lipinski definition) is 3. The van der Waals surface area contributed by atoms with E-state index in [0.29, 0.717) is 10.6 Å². The summed E-state index contributed by atoms with van der Waals surface area (Å²) in [5.41, 5.74) is 1.08. The van der Waals surface area contributed by atoms with E-state index in [9.17, 15) is 29.7 Å². The van der Waals surface area contributed by atoms with Gasteiger partial charge in [-0.25, -0.2) is 14.6 Å². The average Bonchev–Trinajstić information content (AvgIpc) is 3.27. The van der Waals surface area contributed by atoms with Crippen LogP contribution in [0.4, 0.5) is 4.79 Å². The summed E-state index contributed by atoms with van der Waals surface area (Å²) in [6.07, 6.45) is 0.104. The van der Waals surface area contributed by atoms with Crippen LogP contribution >= 0.6 is 23.1 Å². The van der Waals surface area contributed by atoms with E-state index in [1.54, 1.807) is 23.9 Å². The van der Waals surface area contributed by atoms with Crippen LogP contribution in [0.5, 0.6) is 0 Å². The molecule has 0 spiro atoms. The second-order valence-corrected chi connectivity index (χ2v) is 9.42. The minimum Gasteiger partial charge on any atom is -0.477 e. The highest BCUT2D eigenvalue weighted by molar-refractivity contribution is 8.06. The van der Waals surface area contributed by atoms with Gasteiger partial charge in [0.25, 0.3) is 0 Å². The Labute approximate surface area is 192 Å². The molecule has 1 saturated heterocycles. The van der Waals surface area contributed by atoms with Gasteiger partial charge >= 0.3 is 12.1 Å². The van der Waals surface area contributed by atoms with E-state index in [0.717, 1.165) is 16.6 Å². The predicted molar refractivity (Wildman–Crippen MR) is 116 cm³/mol. The molecule has 2 aliphatic heterocycles. The molecule has 2 aliphatic rings. The largest absolute Gasteiger partial charge is 0.507 e. The molecule has 1 aromatic heterocycles. The van der Waals surface area contributed by atoms with Crippen molar-refractivity contribution < 1.29 is 39.2 Å². The number of rotatable bonds is 9. The number of aromatic nitrogens is 1. The molecule has 32 heavy (non-hydrogen) atoms. The van der Waals surface area contributed by atoms with Gasteiger partial charge in [-0.05, 0) is 24.8 Å². The van der Waals surface area contributed by atoms with Crippen LogP contribution in [-0.2, 0) is 25.7 Å². The zero-order valence-corrected chi connectivity index (χ0v) is 19.3. The van der Waals surface area contributed by atoms with E-state index in [1.165, 1.54) is 30.3 Å². The minimum atomic E-state index is -1.25. The maximum absolute atomic E-state index is 12.7. The Balaban J connectivity index is 1.95. The molecule has 3 rings (SSSR count). The van der Waals surface area contributed by atoms with Crippen molar-refractivity contribution in [3.8, 4) is 0 Å². The molecule has 1 fully saturated rings. The monoisotopic (exact) mass is 484 g/mol. The number of aliphatic hydroxyl groups excluding tert-OH is 2. The van der Waals surface area contributed by atoms with Gasteiger partial charge in [0.2, 0.25) is 5.91 Å². The second kappa shape index (κ2) is 9.61. The molecule has 3 N–H and O–H groups in total. The molecule has 4 atom stereocenters. The van der Waals surface area contributed by atoms with Gasteiger partial charge in [-0.3, -0.25) is 4.79 Å². The van der Waals surface area contributed by atoms with Crippen LogP contribution in [0.1, 0.15) is 30.8 Å². The number of carboxylic acid groups (broad SMARTS) is 1. The molecule has 0 saturated carbocycles. The summed E-state index contributed by atoms with van der Waals surface area (Å²) in [6.45, 7) is 3.01. The predicted octanol–water partition coefficient (Wildman–Crippen LogP) is 2.04. The van der Waals surface area contributed by atoms with Crippen LogP contribution < -0.4 is 0 Å². The lowest BCUT2D eigenvalue weighted by atomic mass is 9.68. The number of amides is 1. The van der Waals surface area contributed by atoms with Crippen LogP contribution in [0, 0.1) is 11.3 Å². The average molecular weight is 485 g/mol. The zero-order valence-electron chi connectivity index (χ0n) is 17.7. The first-order valence-corrected chi connectivity index (χ1v) is 11.5. The van der Waals surface area contributed by atoms with Crippen LogP contribution in [0.15, 0.2) is 21.5 Å². The Morgan fingerprint density at radius 2 is 2.19 bits per heavy atom. The van der Waals surface area contributed by atoms with E-state index in [4.69, 9.17) is 4.74 Å². The number of methoxy groups -OCH3 is 1. The third-order valence-electron chi connectivity index (χ3n) is 5.73. The minimum absolute atomic E-state index is 0.0571. The highest BCUT2D eigenvalue weighted by Crippen LogP contribution is 2.59. The molecular formula is C20H24N2O8S2. The highest BCUT2D eigenvalue weighted by atomic mass is 32.2. The highest BCUT2D eigenvalue weighted by Gasteiger charge is 2.65. The van der Waals surface area contributed by atoms with E-state index in [1.807, 2.05) is 0 Å². The van der Waals surface area contributed by atoms with Gasteiger partial charge in [0, 0.05) is 10.3 Å². The summed E-state index contributed by atoms with van der Waals surface area (Å²) < 4.78 is 9.51. The Morgan fingerprint density at radius 1 is 1.47 bits per heavy atom. The first-order valence-electron chi connectivity index (χ1n) is 9.73. The van der Waals surface area contributed by atoms with Crippen molar-refractivity contribution in [1.29, 1.82) is 0 Å². The lowest BCUT2D eigenvalue weighted by Crippen LogP contribution is -2.66. The number of carbonyl (C=O) groups is 3. The number of aliphatic hydroxyl groups is 2. The SMILES string of the molecule is COC(=O)OCC[C@@]1(C)C(S/C=C\c2scnc2CO)=C(C(=O)O)N2C(=O)[C@H]([C@@H](C)O)[C@H]21. The molecule has 1 amide bonds. The number of carbonyl (C=O) groups excluding carboxylic acids is 2.